The standard InChI is InChI=1S/C19H16N4O3S/c24-16(10-23-12-20-15-9-5-4-8-14(15)18(23)26)21-19(22-17(25)11-27-19)13-6-2-1-3-7-13/h1-9,12H,10-11H2,(H,21,24)(H,22,25). The maximum atomic E-state index is 12.7. The van der Waals surface area contributed by atoms with E-state index in [1.807, 2.05) is 30.3 Å². The zero-order chi connectivity index (χ0) is 18.9. The van der Waals surface area contributed by atoms with Crippen molar-refractivity contribution in [2.75, 3.05) is 5.75 Å². The molecule has 27 heavy (non-hydrogen) atoms. The topological polar surface area (TPSA) is 93.1 Å². The number of nitrogens with zero attached hydrogens (tertiary/aromatic N) is 2. The fourth-order valence-corrected chi connectivity index (χ4v) is 4.11. The average molecular weight is 380 g/mol. The molecule has 0 aliphatic carbocycles. The average Bonchev–Trinajstić information content (AvgIpc) is 3.06. The molecule has 1 saturated heterocycles. The summed E-state index contributed by atoms with van der Waals surface area (Å²) < 4.78 is 1.26. The summed E-state index contributed by atoms with van der Waals surface area (Å²) >= 11 is 1.30. The van der Waals surface area contributed by atoms with E-state index in [9.17, 15) is 14.4 Å². The maximum Gasteiger partial charge on any atom is 0.261 e. The minimum absolute atomic E-state index is 0.159. The molecule has 1 aliphatic rings. The highest BCUT2D eigenvalue weighted by atomic mass is 32.2. The van der Waals surface area contributed by atoms with Gasteiger partial charge in [0.15, 0.2) is 4.99 Å². The normalized spacial score (nSPS) is 19.0. The van der Waals surface area contributed by atoms with Gasteiger partial charge in [-0.25, -0.2) is 4.98 Å². The molecule has 0 bridgehead atoms. The highest BCUT2D eigenvalue weighted by Gasteiger charge is 2.41. The van der Waals surface area contributed by atoms with Gasteiger partial charge in [0, 0.05) is 5.56 Å². The van der Waals surface area contributed by atoms with E-state index in [4.69, 9.17) is 0 Å². The summed E-state index contributed by atoms with van der Waals surface area (Å²) in [5, 5.41) is 6.15. The van der Waals surface area contributed by atoms with Crippen molar-refractivity contribution in [1.82, 2.24) is 20.2 Å². The van der Waals surface area contributed by atoms with Crippen LogP contribution in [0.25, 0.3) is 10.9 Å². The van der Waals surface area contributed by atoms with Crippen LogP contribution in [0.15, 0.2) is 65.7 Å². The van der Waals surface area contributed by atoms with Crippen molar-refractivity contribution < 1.29 is 9.59 Å². The second-order valence-corrected chi connectivity index (χ2v) is 7.32. The monoisotopic (exact) mass is 380 g/mol. The van der Waals surface area contributed by atoms with Crippen molar-refractivity contribution in [3.63, 3.8) is 0 Å². The SMILES string of the molecule is O=C1CSC(NC(=O)Cn2cnc3ccccc3c2=O)(c2ccccc2)N1. The third kappa shape index (κ3) is 3.31. The molecular formula is C19H16N4O3S. The van der Waals surface area contributed by atoms with E-state index in [1.54, 1.807) is 24.3 Å². The van der Waals surface area contributed by atoms with Gasteiger partial charge in [0.25, 0.3) is 5.56 Å². The number of thioether (sulfide) groups is 1. The third-order valence-electron chi connectivity index (χ3n) is 4.28. The van der Waals surface area contributed by atoms with Crippen LogP contribution in [0.1, 0.15) is 5.56 Å². The van der Waals surface area contributed by atoms with E-state index in [0.717, 1.165) is 5.56 Å². The number of aromatic nitrogens is 2. The molecule has 4 rings (SSSR count). The Labute approximate surface area is 158 Å². The molecule has 136 valence electrons. The predicted molar refractivity (Wildman–Crippen MR) is 103 cm³/mol. The molecular weight excluding hydrogens is 364 g/mol. The molecule has 0 saturated carbocycles. The Bertz CT molecular complexity index is 1080. The highest BCUT2D eigenvalue weighted by Crippen LogP contribution is 2.35. The smallest absolute Gasteiger partial charge is 0.261 e. The zero-order valence-electron chi connectivity index (χ0n) is 14.2. The molecule has 1 aromatic heterocycles. The number of carbonyl (C=O) groups excluding carboxylic acids is 2. The van der Waals surface area contributed by atoms with Gasteiger partial charge in [-0.05, 0) is 12.1 Å². The van der Waals surface area contributed by atoms with Gasteiger partial charge in [-0.3, -0.25) is 19.0 Å². The van der Waals surface area contributed by atoms with Crippen LogP contribution in [0, 0.1) is 0 Å². The van der Waals surface area contributed by atoms with Crippen molar-refractivity contribution in [3.05, 3.63) is 76.8 Å². The molecule has 0 radical (unpaired) electrons. The van der Waals surface area contributed by atoms with Crippen LogP contribution < -0.4 is 16.2 Å². The van der Waals surface area contributed by atoms with Crippen molar-refractivity contribution in [1.29, 1.82) is 0 Å². The Balaban J connectivity index is 1.61. The van der Waals surface area contributed by atoms with Gasteiger partial charge in [0.05, 0.1) is 23.0 Å². The third-order valence-corrected chi connectivity index (χ3v) is 5.56. The summed E-state index contributed by atoms with van der Waals surface area (Å²) in [7, 11) is 0. The molecule has 3 aromatic rings. The number of hydrogen-bond donors (Lipinski definition) is 2. The number of rotatable bonds is 4. The minimum atomic E-state index is -1.04. The lowest BCUT2D eigenvalue weighted by Gasteiger charge is -2.29. The first kappa shape index (κ1) is 17.3. The summed E-state index contributed by atoms with van der Waals surface area (Å²) in [6, 6.07) is 16.2. The minimum Gasteiger partial charge on any atom is -0.320 e. The van der Waals surface area contributed by atoms with E-state index < -0.39 is 10.9 Å². The fourth-order valence-electron chi connectivity index (χ4n) is 3.02. The summed E-state index contributed by atoms with van der Waals surface area (Å²) in [6.45, 7) is -0.193. The molecule has 1 fully saturated rings. The number of para-hydroxylation sites is 1. The Kier molecular flexibility index (Phi) is 4.41. The van der Waals surface area contributed by atoms with Crippen LogP contribution in [0.4, 0.5) is 0 Å². The quantitative estimate of drug-likeness (QED) is 0.709. The van der Waals surface area contributed by atoms with Crippen molar-refractivity contribution in [3.8, 4) is 0 Å². The van der Waals surface area contributed by atoms with Crippen molar-refractivity contribution in [2.45, 2.75) is 11.5 Å². The van der Waals surface area contributed by atoms with Crippen LogP contribution in [0.3, 0.4) is 0 Å². The van der Waals surface area contributed by atoms with Crippen molar-refractivity contribution in [2.24, 2.45) is 0 Å². The molecule has 8 heteroatoms. The van der Waals surface area contributed by atoms with Gasteiger partial charge in [-0.2, -0.15) is 0 Å². The van der Waals surface area contributed by atoms with E-state index >= 15 is 0 Å². The van der Waals surface area contributed by atoms with Gasteiger partial charge < -0.3 is 10.6 Å². The van der Waals surface area contributed by atoms with Gasteiger partial charge in [0.2, 0.25) is 11.8 Å². The first-order chi connectivity index (χ1) is 13.1. The Morgan fingerprint density at radius 1 is 1.15 bits per heavy atom. The number of hydrogen-bond acceptors (Lipinski definition) is 5. The second-order valence-electron chi connectivity index (χ2n) is 6.13. The molecule has 2 amide bonds. The second kappa shape index (κ2) is 6.88. The molecule has 2 N–H and O–H groups in total. The number of nitrogens with one attached hydrogen (secondary N) is 2. The predicted octanol–water partition coefficient (Wildman–Crippen LogP) is 1.19. The summed E-state index contributed by atoms with van der Waals surface area (Å²) in [6.07, 6.45) is 1.36. The molecule has 1 aliphatic heterocycles. The van der Waals surface area contributed by atoms with E-state index in [0.29, 0.717) is 10.9 Å². The Hall–Kier alpha value is -3.13. The summed E-state index contributed by atoms with van der Waals surface area (Å²) in [5.74, 6) is -0.312. The van der Waals surface area contributed by atoms with Gasteiger partial charge in [-0.1, -0.05) is 54.2 Å². The van der Waals surface area contributed by atoms with Crippen LogP contribution in [0.2, 0.25) is 0 Å². The lowest BCUT2D eigenvalue weighted by atomic mass is 10.1. The molecule has 7 nitrogen and oxygen atoms in total. The molecule has 1 unspecified atom stereocenters. The van der Waals surface area contributed by atoms with E-state index in [-0.39, 0.29) is 23.8 Å². The summed E-state index contributed by atoms with van der Waals surface area (Å²) in [5.41, 5.74) is 1.06. The van der Waals surface area contributed by atoms with Gasteiger partial charge in [0.1, 0.15) is 6.54 Å². The highest BCUT2D eigenvalue weighted by molar-refractivity contribution is 8.01. The number of fused-ring (bicyclic) bond motifs is 1. The van der Waals surface area contributed by atoms with Gasteiger partial charge in [-0.15, -0.1) is 0 Å². The van der Waals surface area contributed by atoms with E-state index in [1.165, 1.54) is 22.7 Å². The summed E-state index contributed by atoms with van der Waals surface area (Å²) in [4.78, 5) is 40.3. The number of amides is 2. The fraction of sp³-hybridized carbons (Fsp3) is 0.158. The molecule has 0 spiro atoms. The molecule has 2 aromatic carbocycles. The van der Waals surface area contributed by atoms with Crippen LogP contribution in [0.5, 0.6) is 0 Å². The first-order valence-electron chi connectivity index (χ1n) is 8.33. The van der Waals surface area contributed by atoms with Crippen LogP contribution in [-0.2, 0) is 21.1 Å². The Morgan fingerprint density at radius 2 is 1.89 bits per heavy atom. The lowest BCUT2D eigenvalue weighted by molar-refractivity contribution is -0.124. The zero-order valence-corrected chi connectivity index (χ0v) is 15.0. The van der Waals surface area contributed by atoms with Crippen molar-refractivity contribution >= 4 is 34.5 Å². The lowest BCUT2D eigenvalue weighted by Crippen LogP contribution is -2.53. The molecule has 1 atom stereocenters. The number of carbonyl (C=O) groups is 2. The van der Waals surface area contributed by atoms with E-state index in [2.05, 4.69) is 15.6 Å². The molecule has 2 heterocycles. The van der Waals surface area contributed by atoms with Crippen LogP contribution >= 0.6 is 11.8 Å². The largest absolute Gasteiger partial charge is 0.320 e. The van der Waals surface area contributed by atoms with Gasteiger partial charge >= 0.3 is 0 Å². The van der Waals surface area contributed by atoms with Crippen LogP contribution in [-0.4, -0.2) is 27.1 Å². The first-order valence-corrected chi connectivity index (χ1v) is 9.32. The number of benzene rings is 2. The Morgan fingerprint density at radius 3 is 2.63 bits per heavy atom. The maximum absolute atomic E-state index is 12.7.